The van der Waals surface area contributed by atoms with Crippen molar-refractivity contribution >= 4 is 18.2 Å². The number of nitrogens with zero attached hydrogens (tertiary/aromatic N) is 3. The number of ether oxygens (including phenoxy) is 1. The van der Waals surface area contributed by atoms with Gasteiger partial charge in [-0.3, -0.25) is 19.6 Å². The van der Waals surface area contributed by atoms with Crippen molar-refractivity contribution in [3.63, 3.8) is 0 Å². The SMILES string of the molecule is CCCCC1CN(C(CC(C)C)C(=O)N2CCCC2COC)C(=O)C1CN(O)C=O. The third-order valence-corrected chi connectivity index (χ3v) is 6.41. The summed E-state index contributed by atoms with van der Waals surface area (Å²) in [6.45, 7) is 7.91. The zero-order valence-corrected chi connectivity index (χ0v) is 19.0. The van der Waals surface area contributed by atoms with Gasteiger partial charge in [-0.2, -0.15) is 0 Å². The van der Waals surface area contributed by atoms with E-state index in [0.717, 1.165) is 32.1 Å². The van der Waals surface area contributed by atoms with E-state index in [4.69, 9.17) is 4.74 Å². The molecule has 3 amide bonds. The van der Waals surface area contributed by atoms with Crippen LogP contribution in [0.3, 0.4) is 0 Å². The highest BCUT2D eigenvalue weighted by Crippen LogP contribution is 2.33. The molecule has 0 saturated carbocycles. The molecule has 8 nitrogen and oxygen atoms in total. The smallest absolute Gasteiger partial charge is 0.245 e. The highest BCUT2D eigenvalue weighted by molar-refractivity contribution is 5.90. The van der Waals surface area contributed by atoms with Gasteiger partial charge in [0.1, 0.15) is 6.04 Å². The third-order valence-electron chi connectivity index (χ3n) is 6.41. The molecule has 2 rings (SSSR count). The first-order valence-corrected chi connectivity index (χ1v) is 11.3. The molecule has 2 saturated heterocycles. The molecule has 2 aliphatic rings. The molecular formula is C22H39N3O5. The number of rotatable bonds is 12. The van der Waals surface area contributed by atoms with Crippen LogP contribution in [0.1, 0.15) is 59.3 Å². The van der Waals surface area contributed by atoms with Crippen LogP contribution in [0.15, 0.2) is 0 Å². The van der Waals surface area contributed by atoms with Crippen LogP contribution in [0.5, 0.6) is 0 Å². The summed E-state index contributed by atoms with van der Waals surface area (Å²) in [5, 5.41) is 10.3. The van der Waals surface area contributed by atoms with Crippen molar-refractivity contribution in [1.29, 1.82) is 0 Å². The Bertz CT molecular complexity index is 585. The van der Waals surface area contributed by atoms with Gasteiger partial charge in [0.05, 0.1) is 25.1 Å². The molecule has 2 fully saturated rings. The number of likely N-dealkylation sites (tertiary alicyclic amines) is 2. The Morgan fingerprint density at radius 1 is 1.40 bits per heavy atom. The Kier molecular flexibility index (Phi) is 9.55. The molecule has 172 valence electrons. The van der Waals surface area contributed by atoms with E-state index < -0.39 is 12.0 Å². The number of amides is 3. The number of methoxy groups -OCH3 is 1. The second-order valence-corrected chi connectivity index (χ2v) is 9.16. The van der Waals surface area contributed by atoms with E-state index in [-0.39, 0.29) is 36.2 Å². The van der Waals surface area contributed by atoms with Gasteiger partial charge in [0.2, 0.25) is 18.2 Å². The molecule has 0 aliphatic carbocycles. The fraction of sp³-hybridized carbons (Fsp3) is 0.864. The van der Waals surface area contributed by atoms with E-state index >= 15 is 0 Å². The molecule has 1 N–H and O–H groups in total. The van der Waals surface area contributed by atoms with Gasteiger partial charge in [0.25, 0.3) is 0 Å². The summed E-state index contributed by atoms with van der Waals surface area (Å²) in [5.74, 6) is -0.306. The van der Waals surface area contributed by atoms with Crippen molar-refractivity contribution in [2.45, 2.75) is 71.4 Å². The van der Waals surface area contributed by atoms with E-state index in [1.54, 1.807) is 12.0 Å². The van der Waals surface area contributed by atoms with Crippen LogP contribution in [-0.4, -0.2) is 83.7 Å². The Hall–Kier alpha value is -1.67. The van der Waals surface area contributed by atoms with Gasteiger partial charge in [-0.05, 0) is 37.5 Å². The van der Waals surface area contributed by atoms with E-state index in [1.165, 1.54) is 0 Å². The molecule has 2 aliphatic heterocycles. The van der Waals surface area contributed by atoms with E-state index in [2.05, 4.69) is 20.8 Å². The largest absolute Gasteiger partial charge is 0.383 e. The van der Waals surface area contributed by atoms with Crippen LogP contribution >= 0.6 is 0 Å². The van der Waals surface area contributed by atoms with Crippen molar-refractivity contribution in [1.82, 2.24) is 14.9 Å². The molecule has 0 aromatic rings. The fourth-order valence-electron chi connectivity index (χ4n) is 4.89. The van der Waals surface area contributed by atoms with Gasteiger partial charge < -0.3 is 14.5 Å². The van der Waals surface area contributed by atoms with Crippen LogP contribution in [0, 0.1) is 17.8 Å². The second-order valence-electron chi connectivity index (χ2n) is 9.16. The van der Waals surface area contributed by atoms with Crippen LogP contribution in [-0.2, 0) is 19.1 Å². The molecule has 2 heterocycles. The van der Waals surface area contributed by atoms with Gasteiger partial charge in [-0.25, -0.2) is 5.06 Å². The first-order valence-electron chi connectivity index (χ1n) is 11.3. The summed E-state index contributed by atoms with van der Waals surface area (Å²) in [5.41, 5.74) is 0. The van der Waals surface area contributed by atoms with Gasteiger partial charge >= 0.3 is 0 Å². The first-order chi connectivity index (χ1) is 14.3. The summed E-state index contributed by atoms with van der Waals surface area (Å²) >= 11 is 0. The summed E-state index contributed by atoms with van der Waals surface area (Å²) in [6.07, 6.45) is 5.63. The van der Waals surface area contributed by atoms with E-state index in [1.807, 2.05) is 4.90 Å². The van der Waals surface area contributed by atoms with Crippen molar-refractivity contribution in [3.8, 4) is 0 Å². The lowest BCUT2D eigenvalue weighted by Gasteiger charge is -2.34. The minimum absolute atomic E-state index is 0.00253. The Balaban J connectivity index is 2.25. The van der Waals surface area contributed by atoms with Gasteiger partial charge in [-0.15, -0.1) is 0 Å². The minimum atomic E-state index is -0.507. The summed E-state index contributed by atoms with van der Waals surface area (Å²) < 4.78 is 5.31. The average Bonchev–Trinajstić information content (AvgIpc) is 3.29. The lowest BCUT2D eigenvalue weighted by Crippen LogP contribution is -2.52. The molecule has 0 aromatic carbocycles. The Morgan fingerprint density at radius 2 is 2.13 bits per heavy atom. The third kappa shape index (κ3) is 5.94. The number of hydrogen-bond donors (Lipinski definition) is 1. The number of carbonyl (C=O) groups is 3. The van der Waals surface area contributed by atoms with Crippen molar-refractivity contribution in [2.24, 2.45) is 17.8 Å². The summed E-state index contributed by atoms with van der Waals surface area (Å²) in [4.78, 5) is 41.5. The maximum atomic E-state index is 13.6. The number of unbranched alkanes of at least 4 members (excludes halogenated alkanes) is 1. The lowest BCUT2D eigenvalue weighted by molar-refractivity contribution is -0.157. The highest BCUT2D eigenvalue weighted by Gasteiger charge is 2.47. The van der Waals surface area contributed by atoms with Crippen LogP contribution in [0.25, 0.3) is 0 Å². The van der Waals surface area contributed by atoms with E-state index in [9.17, 15) is 19.6 Å². The van der Waals surface area contributed by atoms with E-state index in [0.29, 0.717) is 37.6 Å². The van der Waals surface area contributed by atoms with Gasteiger partial charge in [0, 0.05) is 20.2 Å². The predicted octanol–water partition coefficient (Wildman–Crippen LogP) is 2.15. The topological polar surface area (TPSA) is 90.4 Å². The van der Waals surface area contributed by atoms with Crippen molar-refractivity contribution in [3.05, 3.63) is 0 Å². The van der Waals surface area contributed by atoms with Gasteiger partial charge in [0.15, 0.2) is 0 Å². The zero-order valence-electron chi connectivity index (χ0n) is 19.0. The Morgan fingerprint density at radius 3 is 2.73 bits per heavy atom. The quantitative estimate of drug-likeness (QED) is 0.294. The standard InChI is InChI=1S/C22H39N3O5/c1-5-6-8-17-12-25(21(27)19(17)13-23(29)15-26)20(11-16(2)3)22(28)24-10-7-9-18(24)14-30-4/h15-20,29H,5-14H2,1-4H3. The molecule has 4 atom stereocenters. The molecule has 0 spiro atoms. The molecule has 0 bridgehead atoms. The van der Waals surface area contributed by atoms with Crippen molar-refractivity contribution < 1.29 is 24.3 Å². The van der Waals surface area contributed by atoms with Crippen molar-refractivity contribution in [2.75, 3.05) is 33.4 Å². The molecule has 4 unspecified atom stereocenters. The average molecular weight is 426 g/mol. The van der Waals surface area contributed by atoms with Crippen LogP contribution < -0.4 is 0 Å². The first kappa shape index (κ1) is 24.6. The number of hydrogen-bond acceptors (Lipinski definition) is 5. The normalized spacial score (nSPS) is 25.3. The summed E-state index contributed by atoms with van der Waals surface area (Å²) in [6, 6.07) is -0.447. The molecule has 0 aromatic heterocycles. The molecule has 8 heteroatoms. The molecule has 30 heavy (non-hydrogen) atoms. The predicted molar refractivity (Wildman–Crippen MR) is 113 cm³/mol. The maximum Gasteiger partial charge on any atom is 0.245 e. The van der Waals surface area contributed by atoms with Crippen LogP contribution in [0.4, 0.5) is 0 Å². The highest BCUT2D eigenvalue weighted by atomic mass is 16.5. The summed E-state index contributed by atoms with van der Waals surface area (Å²) in [7, 11) is 1.65. The second kappa shape index (κ2) is 11.6. The zero-order chi connectivity index (χ0) is 22.3. The maximum absolute atomic E-state index is 13.6. The minimum Gasteiger partial charge on any atom is -0.383 e. The fourth-order valence-corrected chi connectivity index (χ4v) is 4.89. The molecular weight excluding hydrogens is 386 g/mol. The monoisotopic (exact) mass is 425 g/mol. The van der Waals surface area contributed by atoms with Gasteiger partial charge in [-0.1, -0.05) is 33.6 Å². The lowest BCUT2D eigenvalue weighted by atomic mass is 9.90. The molecule has 0 radical (unpaired) electrons. The van der Waals surface area contributed by atoms with Crippen LogP contribution in [0.2, 0.25) is 0 Å². The Labute approximate surface area is 180 Å². The number of hydroxylamine groups is 2. The number of carbonyl (C=O) groups excluding carboxylic acids is 3.